The molecule has 0 aliphatic carbocycles. The second-order valence-corrected chi connectivity index (χ2v) is 2.52. The average Bonchev–Trinajstić information content (AvgIpc) is 2.53. The molecule has 2 rings (SSSR count). The number of aromatic amines is 1. The van der Waals surface area contributed by atoms with Crippen LogP contribution in [-0.4, -0.2) is 15.0 Å². The highest BCUT2D eigenvalue weighted by Gasteiger charge is 2.07. The van der Waals surface area contributed by atoms with Crippen LogP contribution in [0.1, 0.15) is 0 Å². The first-order valence-corrected chi connectivity index (χ1v) is 3.69. The van der Waals surface area contributed by atoms with Gasteiger partial charge in [0.1, 0.15) is 5.69 Å². The van der Waals surface area contributed by atoms with E-state index in [4.69, 9.17) is 5.73 Å². The van der Waals surface area contributed by atoms with Crippen LogP contribution in [0.4, 0.5) is 10.3 Å². The maximum absolute atomic E-state index is 13.1. The monoisotopic (exact) mass is 178 g/mol. The standard InChI is InChI=1S/C8H7FN4/c9-5-2-1-3-11-7(5)6-4-12-8(10)13-6/h1-4H,(H3,10,12,13). The van der Waals surface area contributed by atoms with Gasteiger partial charge in [-0.2, -0.15) is 0 Å². The van der Waals surface area contributed by atoms with E-state index in [1.54, 1.807) is 0 Å². The Bertz CT molecular complexity index is 424. The minimum Gasteiger partial charge on any atom is -0.369 e. The topological polar surface area (TPSA) is 67.6 Å². The molecule has 5 heteroatoms. The van der Waals surface area contributed by atoms with Gasteiger partial charge in [0.05, 0.1) is 11.9 Å². The molecule has 0 saturated heterocycles. The largest absolute Gasteiger partial charge is 0.369 e. The van der Waals surface area contributed by atoms with Crippen molar-refractivity contribution in [2.45, 2.75) is 0 Å². The molecule has 3 N–H and O–H groups in total. The normalized spacial score (nSPS) is 10.2. The summed E-state index contributed by atoms with van der Waals surface area (Å²) in [4.78, 5) is 10.3. The molecule has 0 aliphatic rings. The summed E-state index contributed by atoms with van der Waals surface area (Å²) in [5.74, 6) is -0.147. The van der Waals surface area contributed by atoms with Crippen molar-refractivity contribution in [1.29, 1.82) is 0 Å². The van der Waals surface area contributed by atoms with Gasteiger partial charge in [-0.25, -0.2) is 9.37 Å². The Morgan fingerprint density at radius 2 is 2.23 bits per heavy atom. The second-order valence-electron chi connectivity index (χ2n) is 2.52. The van der Waals surface area contributed by atoms with Crippen LogP contribution in [0.3, 0.4) is 0 Å². The molecule has 0 unspecified atom stereocenters. The molecular formula is C8H7FN4. The molecule has 2 aromatic rings. The van der Waals surface area contributed by atoms with Gasteiger partial charge < -0.3 is 10.7 Å². The van der Waals surface area contributed by atoms with Crippen molar-refractivity contribution in [3.05, 3.63) is 30.3 Å². The highest BCUT2D eigenvalue weighted by atomic mass is 19.1. The molecule has 2 heterocycles. The molecule has 13 heavy (non-hydrogen) atoms. The minimum absolute atomic E-state index is 0.228. The molecule has 4 nitrogen and oxygen atoms in total. The lowest BCUT2D eigenvalue weighted by molar-refractivity contribution is 0.625. The molecule has 2 aromatic heterocycles. The highest BCUT2D eigenvalue weighted by molar-refractivity contribution is 5.55. The van der Waals surface area contributed by atoms with E-state index in [2.05, 4.69) is 15.0 Å². The third kappa shape index (κ3) is 1.35. The summed E-state index contributed by atoms with van der Waals surface area (Å²) in [6, 6.07) is 2.86. The highest BCUT2D eigenvalue weighted by Crippen LogP contribution is 2.17. The number of halogens is 1. The number of nitrogens with two attached hydrogens (primary N) is 1. The molecule has 0 aliphatic heterocycles. The molecule has 0 radical (unpaired) electrons. The van der Waals surface area contributed by atoms with E-state index in [9.17, 15) is 4.39 Å². The van der Waals surface area contributed by atoms with Crippen molar-refractivity contribution in [3.63, 3.8) is 0 Å². The van der Waals surface area contributed by atoms with Crippen molar-refractivity contribution >= 4 is 5.95 Å². The quantitative estimate of drug-likeness (QED) is 0.689. The second kappa shape index (κ2) is 2.85. The molecule has 0 atom stereocenters. The molecule has 0 fully saturated rings. The summed E-state index contributed by atoms with van der Waals surface area (Å²) >= 11 is 0. The number of nitrogens with zero attached hydrogens (tertiary/aromatic N) is 2. The minimum atomic E-state index is -0.397. The Labute approximate surface area is 73.6 Å². The van der Waals surface area contributed by atoms with Crippen molar-refractivity contribution < 1.29 is 4.39 Å². The first-order valence-electron chi connectivity index (χ1n) is 3.69. The van der Waals surface area contributed by atoms with Gasteiger partial charge in [-0.15, -0.1) is 0 Å². The fourth-order valence-electron chi connectivity index (χ4n) is 1.04. The maximum Gasteiger partial charge on any atom is 0.197 e. The Balaban J connectivity index is 2.52. The summed E-state index contributed by atoms with van der Waals surface area (Å²) in [5, 5.41) is 0. The number of aromatic nitrogens is 3. The van der Waals surface area contributed by atoms with Gasteiger partial charge in [0.15, 0.2) is 11.8 Å². The fourth-order valence-corrected chi connectivity index (χ4v) is 1.04. The van der Waals surface area contributed by atoms with Crippen LogP contribution in [0, 0.1) is 5.82 Å². The Morgan fingerprint density at radius 3 is 2.85 bits per heavy atom. The third-order valence-corrected chi connectivity index (χ3v) is 1.61. The van der Waals surface area contributed by atoms with Gasteiger partial charge >= 0.3 is 0 Å². The molecule has 0 amide bonds. The van der Waals surface area contributed by atoms with E-state index in [1.165, 1.54) is 24.5 Å². The number of hydrogen-bond donors (Lipinski definition) is 2. The molecule has 0 spiro atoms. The zero-order valence-electron chi connectivity index (χ0n) is 6.66. The predicted molar refractivity (Wildman–Crippen MR) is 46.2 cm³/mol. The van der Waals surface area contributed by atoms with Crippen LogP contribution < -0.4 is 5.73 Å². The molecule has 0 saturated carbocycles. The van der Waals surface area contributed by atoms with Crippen LogP contribution in [0.5, 0.6) is 0 Å². The van der Waals surface area contributed by atoms with E-state index >= 15 is 0 Å². The number of imidazole rings is 1. The summed E-state index contributed by atoms with van der Waals surface area (Å²) in [6.07, 6.45) is 2.95. The Morgan fingerprint density at radius 1 is 1.38 bits per heavy atom. The first kappa shape index (κ1) is 7.72. The van der Waals surface area contributed by atoms with Gasteiger partial charge in [-0.05, 0) is 12.1 Å². The van der Waals surface area contributed by atoms with Crippen LogP contribution in [0.25, 0.3) is 11.4 Å². The van der Waals surface area contributed by atoms with Gasteiger partial charge in [0, 0.05) is 6.20 Å². The zero-order chi connectivity index (χ0) is 9.26. The zero-order valence-corrected chi connectivity index (χ0v) is 6.66. The number of nitrogen functional groups attached to an aromatic ring is 1. The third-order valence-electron chi connectivity index (χ3n) is 1.61. The number of anilines is 1. The van der Waals surface area contributed by atoms with Crippen LogP contribution in [0.2, 0.25) is 0 Å². The van der Waals surface area contributed by atoms with Crippen LogP contribution in [0.15, 0.2) is 24.5 Å². The summed E-state index contributed by atoms with van der Waals surface area (Å²) < 4.78 is 13.1. The number of pyridine rings is 1. The number of rotatable bonds is 1. The average molecular weight is 178 g/mol. The molecule has 0 bridgehead atoms. The van der Waals surface area contributed by atoms with Crippen molar-refractivity contribution in [1.82, 2.24) is 15.0 Å². The Hall–Kier alpha value is -1.91. The smallest absolute Gasteiger partial charge is 0.197 e. The SMILES string of the molecule is Nc1ncc(-c2ncccc2F)[nH]1. The van der Waals surface area contributed by atoms with E-state index in [1.807, 2.05) is 0 Å². The predicted octanol–water partition coefficient (Wildman–Crippen LogP) is 1.19. The fraction of sp³-hybridized carbons (Fsp3) is 0. The van der Waals surface area contributed by atoms with Crippen molar-refractivity contribution in [3.8, 4) is 11.4 Å². The lowest BCUT2D eigenvalue weighted by Gasteiger charge is -1.96. The molecular weight excluding hydrogens is 171 g/mol. The van der Waals surface area contributed by atoms with Crippen molar-refractivity contribution in [2.75, 3.05) is 5.73 Å². The number of H-pyrrole nitrogens is 1. The van der Waals surface area contributed by atoms with Gasteiger partial charge in [-0.3, -0.25) is 4.98 Å². The van der Waals surface area contributed by atoms with E-state index < -0.39 is 5.82 Å². The summed E-state index contributed by atoms with van der Waals surface area (Å²) in [6.45, 7) is 0. The lowest BCUT2D eigenvalue weighted by atomic mass is 10.3. The lowest BCUT2D eigenvalue weighted by Crippen LogP contribution is -1.89. The van der Waals surface area contributed by atoms with Crippen LogP contribution in [-0.2, 0) is 0 Å². The number of hydrogen-bond acceptors (Lipinski definition) is 3. The van der Waals surface area contributed by atoms with Crippen molar-refractivity contribution in [2.24, 2.45) is 0 Å². The first-order chi connectivity index (χ1) is 6.27. The van der Waals surface area contributed by atoms with Crippen LogP contribution >= 0.6 is 0 Å². The van der Waals surface area contributed by atoms with E-state index in [0.717, 1.165) is 0 Å². The van der Waals surface area contributed by atoms with Gasteiger partial charge in [0.25, 0.3) is 0 Å². The summed E-state index contributed by atoms with van der Waals surface area (Å²) in [5.41, 5.74) is 6.06. The molecule has 0 aromatic carbocycles. The molecule has 66 valence electrons. The Kier molecular flexibility index (Phi) is 1.70. The van der Waals surface area contributed by atoms with Gasteiger partial charge in [-0.1, -0.05) is 0 Å². The maximum atomic E-state index is 13.1. The summed E-state index contributed by atoms with van der Waals surface area (Å²) in [7, 11) is 0. The van der Waals surface area contributed by atoms with E-state index in [-0.39, 0.29) is 11.6 Å². The van der Waals surface area contributed by atoms with Gasteiger partial charge in [0.2, 0.25) is 0 Å². The van der Waals surface area contributed by atoms with E-state index in [0.29, 0.717) is 5.69 Å². The number of nitrogens with one attached hydrogen (secondary N) is 1.